The van der Waals surface area contributed by atoms with Gasteiger partial charge in [0, 0.05) is 18.8 Å². The van der Waals surface area contributed by atoms with Crippen LogP contribution in [0.25, 0.3) is 0 Å². The van der Waals surface area contributed by atoms with Gasteiger partial charge in [0.25, 0.3) is 0 Å². The number of ether oxygens (including phenoxy) is 1. The molecule has 1 atom stereocenters. The van der Waals surface area contributed by atoms with Crippen molar-refractivity contribution in [1.29, 1.82) is 0 Å². The van der Waals surface area contributed by atoms with E-state index in [1.54, 1.807) is 0 Å². The molecule has 1 aromatic rings. The fraction of sp³-hybridized carbons (Fsp3) is 0.688. The number of aromatic nitrogens is 1. The van der Waals surface area contributed by atoms with Crippen molar-refractivity contribution < 1.29 is 4.74 Å². The molecule has 0 unspecified atom stereocenters. The minimum absolute atomic E-state index is 0.389. The first-order valence-corrected chi connectivity index (χ1v) is 8.90. The van der Waals surface area contributed by atoms with E-state index in [0.29, 0.717) is 12.7 Å². The van der Waals surface area contributed by atoms with Crippen LogP contribution in [0, 0.1) is 0 Å². The molecule has 0 saturated carbocycles. The zero-order valence-electron chi connectivity index (χ0n) is 12.0. The number of nitrogens with zero attached hydrogens (tertiary/aromatic N) is 2. The lowest BCUT2D eigenvalue weighted by Gasteiger charge is -2.39. The molecule has 110 valence electrons. The Morgan fingerprint density at radius 1 is 1.25 bits per heavy atom. The highest BCUT2D eigenvalue weighted by atomic mass is 32.2. The summed E-state index contributed by atoms with van der Waals surface area (Å²) < 4.78 is 6.08. The quantitative estimate of drug-likeness (QED) is 0.852. The molecule has 0 radical (unpaired) electrons. The van der Waals surface area contributed by atoms with Gasteiger partial charge in [-0.2, -0.15) is 11.8 Å². The molecule has 2 aliphatic rings. The first-order chi connectivity index (χ1) is 9.92. The van der Waals surface area contributed by atoms with Gasteiger partial charge in [-0.3, -0.25) is 9.88 Å². The Morgan fingerprint density at radius 3 is 2.95 bits per heavy atom. The van der Waals surface area contributed by atoms with Crippen molar-refractivity contribution in [2.24, 2.45) is 0 Å². The molecular formula is C16H24N2OS. The van der Waals surface area contributed by atoms with E-state index in [4.69, 9.17) is 4.74 Å². The zero-order valence-corrected chi connectivity index (χ0v) is 12.9. The normalized spacial score (nSPS) is 25.7. The van der Waals surface area contributed by atoms with Crippen molar-refractivity contribution >= 4 is 11.8 Å². The zero-order chi connectivity index (χ0) is 13.6. The van der Waals surface area contributed by atoms with Gasteiger partial charge in [-0.05, 0) is 55.9 Å². The summed E-state index contributed by atoms with van der Waals surface area (Å²) in [5.74, 6) is 2.67. The van der Waals surface area contributed by atoms with Crippen LogP contribution in [-0.4, -0.2) is 46.6 Å². The molecular weight excluding hydrogens is 268 g/mol. The molecule has 2 saturated heterocycles. The maximum atomic E-state index is 6.08. The summed E-state index contributed by atoms with van der Waals surface area (Å²) in [6.07, 6.45) is 7.42. The van der Waals surface area contributed by atoms with Crippen LogP contribution in [0.2, 0.25) is 0 Å². The first-order valence-electron chi connectivity index (χ1n) is 7.75. The second kappa shape index (κ2) is 7.43. The van der Waals surface area contributed by atoms with E-state index in [1.807, 2.05) is 24.4 Å². The molecule has 20 heavy (non-hydrogen) atoms. The van der Waals surface area contributed by atoms with Gasteiger partial charge in [0.15, 0.2) is 0 Å². The number of piperidine rings is 1. The lowest BCUT2D eigenvalue weighted by molar-refractivity contribution is -0.0234. The molecule has 3 heterocycles. The molecule has 0 aromatic carbocycles. The second-order valence-electron chi connectivity index (χ2n) is 5.73. The number of likely N-dealkylation sites (tertiary alicyclic amines) is 1. The standard InChI is InChI=1S/C16H24N2OS/c1-2-8-17-14(4-1)13-19-16-5-3-9-18(12-16)15-6-10-20-11-7-15/h1-2,4,8,15-16H,3,5-7,9-13H2/t16-/m0/s1. The molecule has 0 N–H and O–H groups in total. The number of hydrogen-bond acceptors (Lipinski definition) is 4. The number of thioether (sulfide) groups is 1. The lowest BCUT2D eigenvalue weighted by atomic mass is 10.0. The Labute approximate surface area is 126 Å². The Morgan fingerprint density at radius 2 is 2.15 bits per heavy atom. The summed E-state index contributed by atoms with van der Waals surface area (Å²) in [4.78, 5) is 7.00. The monoisotopic (exact) mass is 292 g/mol. The maximum absolute atomic E-state index is 6.08. The SMILES string of the molecule is c1ccc(CO[C@H]2CCCN(C3CCSCC3)C2)nc1. The van der Waals surface area contributed by atoms with E-state index in [0.717, 1.165) is 18.3 Å². The maximum Gasteiger partial charge on any atom is 0.0892 e. The van der Waals surface area contributed by atoms with E-state index in [1.165, 1.54) is 43.7 Å². The first kappa shape index (κ1) is 14.4. The largest absolute Gasteiger partial charge is 0.371 e. The predicted molar refractivity (Wildman–Crippen MR) is 84.0 cm³/mol. The molecule has 0 aliphatic carbocycles. The lowest BCUT2D eigenvalue weighted by Crippen LogP contribution is -2.46. The summed E-state index contributed by atoms with van der Waals surface area (Å²) in [5, 5.41) is 0. The Bertz CT molecular complexity index is 395. The van der Waals surface area contributed by atoms with E-state index < -0.39 is 0 Å². The third-order valence-corrected chi connectivity index (χ3v) is 5.36. The fourth-order valence-electron chi connectivity index (χ4n) is 3.17. The Balaban J connectivity index is 1.47. The number of pyridine rings is 1. The van der Waals surface area contributed by atoms with Crippen LogP contribution in [0.4, 0.5) is 0 Å². The Hall–Kier alpha value is -0.580. The van der Waals surface area contributed by atoms with Crippen LogP contribution in [0.5, 0.6) is 0 Å². The highest BCUT2D eigenvalue weighted by Crippen LogP contribution is 2.25. The van der Waals surface area contributed by atoms with Crippen molar-refractivity contribution in [1.82, 2.24) is 9.88 Å². The molecule has 4 heteroatoms. The summed E-state index contributed by atoms with van der Waals surface area (Å²) in [6.45, 7) is 3.03. The molecule has 0 bridgehead atoms. The minimum atomic E-state index is 0.389. The summed E-state index contributed by atoms with van der Waals surface area (Å²) in [6, 6.07) is 6.82. The molecule has 0 amide bonds. The summed E-state index contributed by atoms with van der Waals surface area (Å²) in [5.41, 5.74) is 1.04. The molecule has 3 nitrogen and oxygen atoms in total. The average Bonchev–Trinajstić information content (AvgIpc) is 2.55. The van der Waals surface area contributed by atoms with E-state index in [-0.39, 0.29) is 0 Å². The smallest absolute Gasteiger partial charge is 0.0892 e. The number of rotatable bonds is 4. The van der Waals surface area contributed by atoms with E-state index in [2.05, 4.69) is 21.6 Å². The minimum Gasteiger partial charge on any atom is -0.371 e. The van der Waals surface area contributed by atoms with Crippen molar-refractivity contribution in [2.75, 3.05) is 24.6 Å². The summed E-state index contributed by atoms with van der Waals surface area (Å²) >= 11 is 2.10. The van der Waals surface area contributed by atoms with E-state index in [9.17, 15) is 0 Å². The molecule has 1 aromatic heterocycles. The van der Waals surface area contributed by atoms with Crippen molar-refractivity contribution in [3.05, 3.63) is 30.1 Å². The highest BCUT2D eigenvalue weighted by molar-refractivity contribution is 7.99. The van der Waals surface area contributed by atoms with Gasteiger partial charge >= 0.3 is 0 Å². The Kier molecular flexibility index (Phi) is 5.34. The average molecular weight is 292 g/mol. The van der Waals surface area contributed by atoms with Gasteiger partial charge in [-0.25, -0.2) is 0 Å². The van der Waals surface area contributed by atoms with E-state index >= 15 is 0 Å². The van der Waals surface area contributed by atoms with Crippen LogP contribution < -0.4 is 0 Å². The van der Waals surface area contributed by atoms with Crippen LogP contribution in [0.1, 0.15) is 31.4 Å². The number of hydrogen-bond donors (Lipinski definition) is 0. The van der Waals surface area contributed by atoms with Gasteiger partial charge in [0.1, 0.15) is 0 Å². The fourth-order valence-corrected chi connectivity index (χ4v) is 4.25. The third-order valence-electron chi connectivity index (χ3n) is 4.31. The third kappa shape index (κ3) is 3.96. The summed E-state index contributed by atoms with van der Waals surface area (Å²) in [7, 11) is 0. The van der Waals surface area contributed by atoms with Gasteiger partial charge in [0.2, 0.25) is 0 Å². The molecule has 0 spiro atoms. The van der Waals surface area contributed by atoms with Crippen LogP contribution in [0.3, 0.4) is 0 Å². The van der Waals surface area contributed by atoms with Crippen molar-refractivity contribution in [3.8, 4) is 0 Å². The second-order valence-corrected chi connectivity index (χ2v) is 6.96. The highest BCUT2D eigenvalue weighted by Gasteiger charge is 2.27. The molecule has 2 aliphatic heterocycles. The molecule has 3 rings (SSSR count). The van der Waals surface area contributed by atoms with Crippen molar-refractivity contribution in [3.63, 3.8) is 0 Å². The van der Waals surface area contributed by atoms with Gasteiger partial charge in [-0.1, -0.05) is 6.07 Å². The van der Waals surface area contributed by atoms with Gasteiger partial charge in [-0.15, -0.1) is 0 Å². The van der Waals surface area contributed by atoms with Crippen LogP contribution >= 0.6 is 11.8 Å². The van der Waals surface area contributed by atoms with Crippen LogP contribution in [0.15, 0.2) is 24.4 Å². The van der Waals surface area contributed by atoms with Crippen LogP contribution in [-0.2, 0) is 11.3 Å². The van der Waals surface area contributed by atoms with Gasteiger partial charge in [0.05, 0.1) is 18.4 Å². The van der Waals surface area contributed by atoms with Gasteiger partial charge < -0.3 is 4.74 Å². The molecule has 2 fully saturated rings. The topological polar surface area (TPSA) is 25.4 Å². The predicted octanol–water partition coefficient (Wildman–Crippen LogP) is 2.96. The van der Waals surface area contributed by atoms with Crippen molar-refractivity contribution in [2.45, 2.75) is 44.4 Å².